The van der Waals surface area contributed by atoms with Crippen LogP contribution in [0.25, 0.3) is 21.3 Å². The number of halogens is 1. The van der Waals surface area contributed by atoms with E-state index >= 15 is 0 Å². The molecule has 0 saturated carbocycles. The summed E-state index contributed by atoms with van der Waals surface area (Å²) in [6.45, 7) is 6.50. The lowest BCUT2D eigenvalue weighted by atomic mass is 9.98. The zero-order chi connectivity index (χ0) is 14.3. The van der Waals surface area contributed by atoms with Crippen LogP contribution in [0.15, 0.2) is 30.6 Å². The van der Waals surface area contributed by atoms with Crippen molar-refractivity contribution in [2.45, 2.75) is 26.7 Å². The highest BCUT2D eigenvalue weighted by atomic mass is 35.5. The summed E-state index contributed by atoms with van der Waals surface area (Å²) >= 11 is 7.93. The Hall–Kier alpha value is -1.45. The van der Waals surface area contributed by atoms with Crippen LogP contribution in [0.4, 0.5) is 0 Å². The van der Waals surface area contributed by atoms with Gasteiger partial charge in [-0.1, -0.05) is 49.7 Å². The first kappa shape index (κ1) is 13.5. The average molecular weight is 303 g/mol. The van der Waals surface area contributed by atoms with Gasteiger partial charge in [0.15, 0.2) is 0 Å². The van der Waals surface area contributed by atoms with E-state index in [1.165, 1.54) is 22.3 Å². The molecule has 2 heterocycles. The van der Waals surface area contributed by atoms with E-state index in [0.29, 0.717) is 11.1 Å². The highest BCUT2D eigenvalue weighted by Gasteiger charge is 2.15. The molecule has 0 aliphatic heterocycles. The molecule has 0 N–H and O–H groups in total. The zero-order valence-corrected chi connectivity index (χ0v) is 13.2. The minimum Gasteiger partial charge on any atom is -0.225 e. The Morgan fingerprint density at radius 3 is 2.45 bits per heavy atom. The van der Waals surface area contributed by atoms with E-state index < -0.39 is 0 Å². The van der Waals surface area contributed by atoms with Crippen LogP contribution in [0.1, 0.15) is 30.2 Å². The van der Waals surface area contributed by atoms with Crippen molar-refractivity contribution in [2.24, 2.45) is 0 Å². The second kappa shape index (κ2) is 5.15. The predicted molar refractivity (Wildman–Crippen MR) is 86.7 cm³/mol. The Bertz CT molecular complexity index is 760. The molecule has 0 unspecified atom stereocenters. The number of hydrogen-bond acceptors (Lipinski definition) is 3. The molecule has 102 valence electrons. The second-order valence-electron chi connectivity index (χ2n) is 5.15. The van der Waals surface area contributed by atoms with Gasteiger partial charge in [0.25, 0.3) is 0 Å². The topological polar surface area (TPSA) is 25.8 Å². The summed E-state index contributed by atoms with van der Waals surface area (Å²) < 4.78 is 0. The van der Waals surface area contributed by atoms with Crippen LogP contribution < -0.4 is 0 Å². The van der Waals surface area contributed by atoms with Gasteiger partial charge in [-0.25, -0.2) is 9.97 Å². The molecule has 20 heavy (non-hydrogen) atoms. The van der Waals surface area contributed by atoms with Gasteiger partial charge in [0, 0.05) is 10.4 Å². The lowest BCUT2D eigenvalue weighted by Gasteiger charge is -2.07. The third-order valence-corrected chi connectivity index (χ3v) is 4.78. The number of aromatic nitrogens is 2. The lowest BCUT2D eigenvalue weighted by molar-refractivity contribution is 0.867. The monoisotopic (exact) mass is 302 g/mol. The van der Waals surface area contributed by atoms with E-state index in [0.717, 1.165) is 15.8 Å². The number of thiophene rings is 1. The fraction of sp³-hybridized carbons (Fsp3) is 0.250. The summed E-state index contributed by atoms with van der Waals surface area (Å²) in [4.78, 5) is 10.6. The maximum atomic E-state index is 6.26. The molecule has 2 nitrogen and oxygen atoms in total. The van der Waals surface area contributed by atoms with Crippen LogP contribution in [0.3, 0.4) is 0 Å². The van der Waals surface area contributed by atoms with Crippen molar-refractivity contribution < 1.29 is 0 Å². The van der Waals surface area contributed by atoms with Crippen LogP contribution >= 0.6 is 22.9 Å². The molecule has 0 fully saturated rings. The molecule has 0 aliphatic rings. The number of fused-ring (bicyclic) bond motifs is 1. The Morgan fingerprint density at radius 1 is 1.10 bits per heavy atom. The fourth-order valence-corrected chi connectivity index (χ4v) is 3.69. The van der Waals surface area contributed by atoms with E-state index in [1.54, 1.807) is 11.3 Å². The van der Waals surface area contributed by atoms with E-state index in [4.69, 9.17) is 11.6 Å². The van der Waals surface area contributed by atoms with Gasteiger partial charge in [-0.05, 0) is 24.0 Å². The molecule has 0 amide bonds. The van der Waals surface area contributed by atoms with E-state index in [9.17, 15) is 0 Å². The predicted octanol–water partition coefficient (Wildman–Crippen LogP) is 5.44. The van der Waals surface area contributed by atoms with Gasteiger partial charge in [-0.15, -0.1) is 11.3 Å². The molecule has 0 spiro atoms. The number of aryl methyl sites for hydroxylation is 1. The molecule has 0 saturated heterocycles. The average Bonchev–Trinajstić information content (AvgIpc) is 2.76. The second-order valence-corrected chi connectivity index (χ2v) is 6.72. The van der Waals surface area contributed by atoms with Crippen LogP contribution in [0.2, 0.25) is 5.15 Å². The summed E-state index contributed by atoms with van der Waals surface area (Å²) in [6, 6.07) is 8.68. The summed E-state index contributed by atoms with van der Waals surface area (Å²) in [6.07, 6.45) is 1.52. The maximum Gasteiger partial charge on any atom is 0.141 e. The number of benzene rings is 1. The third-order valence-electron chi connectivity index (χ3n) is 3.48. The molecular formula is C16H15ClN2S. The first-order valence-electron chi connectivity index (χ1n) is 6.58. The maximum absolute atomic E-state index is 6.26. The van der Waals surface area contributed by atoms with Gasteiger partial charge in [0.1, 0.15) is 16.3 Å². The smallest absolute Gasteiger partial charge is 0.141 e. The summed E-state index contributed by atoms with van der Waals surface area (Å²) in [7, 11) is 0. The quantitative estimate of drug-likeness (QED) is 0.589. The lowest BCUT2D eigenvalue weighted by Crippen LogP contribution is -1.87. The summed E-state index contributed by atoms with van der Waals surface area (Å²) in [5, 5.41) is 1.50. The fourth-order valence-electron chi connectivity index (χ4n) is 2.39. The van der Waals surface area contributed by atoms with Crippen molar-refractivity contribution in [1.29, 1.82) is 0 Å². The molecule has 3 rings (SSSR count). The Kier molecular flexibility index (Phi) is 3.48. The Morgan fingerprint density at radius 2 is 1.80 bits per heavy atom. The van der Waals surface area contributed by atoms with E-state index in [2.05, 4.69) is 55.0 Å². The van der Waals surface area contributed by atoms with Crippen molar-refractivity contribution in [1.82, 2.24) is 9.97 Å². The molecule has 3 aromatic rings. The van der Waals surface area contributed by atoms with Crippen molar-refractivity contribution >= 4 is 33.2 Å². The molecule has 0 aliphatic carbocycles. The first-order valence-corrected chi connectivity index (χ1v) is 7.77. The van der Waals surface area contributed by atoms with Crippen molar-refractivity contribution in [3.63, 3.8) is 0 Å². The SMILES string of the molecule is Cc1sc2ncnc(Cl)c2c1-c1ccc(C(C)C)cc1. The minimum absolute atomic E-state index is 0.530. The molecule has 2 aromatic heterocycles. The van der Waals surface area contributed by atoms with Gasteiger partial charge in [-0.2, -0.15) is 0 Å². The van der Waals surface area contributed by atoms with Crippen LogP contribution in [0, 0.1) is 6.92 Å². The molecule has 0 radical (unpaired) electrons. The molecule has 0 bridgehead atoms. The Balaban J connectivity index is 2.21. The highest BCUT2D eigenvalue weighted by molar-refractivity contribution is 7.19. The number of nitrogens with zero attached hydrogens (tertiary/aromatic N) is 2. The number of hydrogen-bond donors (Lipinski definition) is 0. The molecular weight excluding hydrogens is 288 g/mol. The zero-order valence-electron chi connectivity index (χ0n) is 11.6. The van der Waals surface area contributed by atoms with Crippen molar-refractivity contribution in [3.05, 3.63) is 46.2 Å². The van der Waals surface area contributed by atoms with Crippen molar-refractivity contribution in [2.75, 3.05) is 0 Å². The van der Waals surface area contributed by atoms with Gasteiger partial charge < -0.3 is 0 Å². The summed E-state index contributed by atoms with van der Waals surface area (Å²) in [5.41, 5.74) is 3.68. The molecule has 4 heteroatoms. The van der Waals surface area contributed by atoms with Gasteiger partial charge >= 0.3 is 0 Å². The molecule has 0 atom stereocenters. The largest absolute Gasteiger partial charge is 0.225 e. The van der Waals surface area contributed by atoms with Crippen LogP contribution in [-0.2, 0) is 0 Å². The standard InChI is InChI=1S/C16H15ClN2S/c1-9(2)11-4-6-12(7-5-11)13-10(3)20-16-14(13)15(17)18-8-19-16/h4-9H,1-3H3. The van der Waals surface area contributed by atoms with Gasteiger partial charge in [0.2, 0.25) is 0 Å². The third kappa shape index (κ3) is 2.21. The highest BCUT2D eigenvalue weighted by Crippen LogP contribution is 2.40. The minimum atomic E-state index is 0.530. The summed E-state index contributed by atoms with van der Waals surface area (Å²) in [5.74, 6) is 0.538. The Labute approximate surface area is 127 Å². The first-order chi connectivity index (χ1) is 9.58. The van der Waals surface area contributed by atoms with Crippen molar-refractivity contribution in [3.8, 4) is 11.1 Å². The van der Waals surface area contributed by atoms with Crippen LogP contribution in [0.5, 0.6) is 0 Å². The van der Waals surface area contributed by atoms with Gasteiger partial charge in [-0.3, -0.25) is 0 Å². The normalized spacial score (nSPS) is 11.4. The van der Waals surface area contributed by atoms with E-state index in [1.807, 2.05) is 0 Å². The molecule has 1 aromatic carbocycles. The van der Waals surface area contributed by atoms with E-state index in [-0.39, 0.29) is 0 Å². The van der Waals surface area contributed by atoms with Gasteiger partial charge in [0.05, 0.1) is 5.39 Å². The van der Waals surface area contributed by atoms with Crippen LogP contribution in [-0.4, -0.2) is 9.97 Å². The number of rotatable bonds is 2.